The first kappa shape index (κ1) is 12.7. The van der Waals surface area contributed by atoms with Gasteiger partial charge in [-0.05, 0) is 25.7 Å². The zero-order valence-corrected chi connectivity index (χ0v) is 10.8. The number of aromatic nitrogens is 1. The Morgan fingerprint density at radius 2 is 2.11 bits per heavy atom. The predicted molar refractivity (Wildman–Crippen MR) is 71.2 cm³/mol. The monoisotopic (exact) mass is 248 g/mol. The van der Waals surface area contributed by atoms with Crippen LogP contribution in [-0.4, -0.2) is 18.2 Å². The first-order valence-corrected chi connectivity index (χ1v) is 6.29. The first-order chi connectivity index (χ1) is 8.70. The molecule has 1 aliphatic rings. The lowest BCUT2D eigenvalue weighted by atomic mass is 9.86. The molecule has 0 radical (unpaired) electrons. The average Bonchev–Trinajstić information content (AvgIpc) is 2.41. The molecule has 1 aliphatic carbocycles. The largest absolute Gasteiger partial charge is 0.501 e. The van der Waals surface area contributed by atoms with E-state index in [1.165, 1.54) is 0 Å². The summed E-state index contributed by atoms with van der Waals surface area (Å²) in [5, 5.41) is 0. The zero-order chi connectivity index (χ0) is 13.0. The molecule has 0 spiro atoms. The van der Waals surface area contributed by atoms with Crippen LogP contribution in [0.5, 0.6) is 5.75 Å². The molecule has 0 amide bonds. The molecule has 2 rings (SSSR count). The maximum atomic E-state index is 5.91. The highest BCUT2D eigenvalue weighted by Crippen LogP contribution is 2.32. The molecule has 1 fully saturated rings. The van der Waals surface area contributed by atoms with Gasteiger partial charge in [0, 0.05) is 18.2 Å². The highest BCUT2D eigenvalue weighted by atomic mass is 16.5. The van der Waals surface area contributed by atoms with Crippen LogP contribution in [0.4, 0.5) is 5.69 Å². The quantitative estimate of drug-likeness (QED) is 0.832. The van der Waals surface area contributed by atoms with Gasteiger partial charge in [-0.15, -0.1) is 0 Å². The summed E-state index contributed by atoms with van der Waals surface area (Å²) in [6, 6.07) is 1.81. The molecule has 0 bridgehead atoms. The summed E-state index contributed by atoms with van der Waals surface area (Å²) in [6.45, 7) is 3.93. The number of pyridine rings is 1. The lowest BCUT2D eigenvalue weighted by Gasteiger charge is -2.29. The Bertz CT molecular complexity index is 412. The molecule has 0 unspecified atom stereocenters. The minimum absolute atomic E-state index is 0.232. The fourth-order valence-corrected chi connectivity index (χ4v) is 2.35. The second-order valence-corrected chi connectivity index (χ2v) is 4.68. The molecule has 1 aromatic rings. The lowest BCUT2D eigenvalue weighted by Crippen LogP contribution is -2.25. The van der Waals surface area contributed by atoms with Gasteiger partial charge in [0.15, 0.2) is 0 Å². The number of nitrogens with two attached hydrogens (primary N) is 1. The van der Waals surface area contributed by atoms with Gasteiger partial charge in [0.05, 0.1) is 30.9 Å². The first-order valence-electron chi connectivity index (χ1n) is 6.29. The Morgan fingerprint density at radius 3 is 2.72 bits per heavy atom. The average molecular weight is 248 g/mol. The minimum Gasteiger partial charge on any atom is -0.501 e. The molecular formula is C14H20N2O2. The number of rotatable bonds is 4. The Hall–Kier alpha value is -1.71. The fraction of sp³-hybridized carbons (Fsp3) is 0.500. The van der Waals surface area contributed by atoms with E-state index in [-0.39, 0.29) is 6.10 Å². The van der Waals surface area contributed by atoms with Gasteiger partial charge in [-0.2, -0.15) is 0 Å². The topological polar surface area (TPSA) is 57.4 Å². The maximum Gasteiger partial charge on any atom is 0.145 e. The van der Waals surface area contributed by atoms with E-state index in [1.807, 2.05) is 6.07 Å². The molecule has 2 N–H and O–H groups in total. The number of methoxy groups -OCH3 is 1. The number of hydrogen-bond acceptors (Lipinski definition) is 4. The van der Waals surface area contributed by atoms with Gasteiger partial charge in [-0.1, -0.05) is 6.58 Å². The van der Waals surface area contributed by atoms with Crippen molar-refractivity contribution in [1.82, 2.24) is 4.98 Å². The summed E-state index contributed by atoms with van der Waals surface area (Å²) in [7, 11) is 1.68. The second-order valence-electron chi connectivity index (χ2n) is 4.68. The number of nitrogen functional groups attached to an aromatic ring is 1. The van der Waals surface area contributed by atoms with Crippen LogP contribution in [0, 0.1) is 5.92 Å². The normalized spacial score (nSPS) is 23.4. The van der Waals surface area contributed by atoms with Crippen LogP contribution in [-0.2, 0) is 4.74 Å². The molecule has 0 aromatic carbocycles. The summed E-state index contributed by atoms with van der Waals surface area (Å²) < 4.78 is 11.1. The molecule has 4 nitrogen and oxygen atoms in total. The minimum atomic E-state index is 0.232. The summed E-state index contributed by atoms with van der Waals surface area (Å²) in [5.74, 6) is 2.08. The molecule has 98 valence electrons. The van der Waals surface area contributed by atoms with E-state index < -0.39 is 0 Å². The van der Waals surface area contributed by atoms with E-state index in [4.69, 9.17) is 15.2 Å². The van der Waals surface area contributed by atoms with Crippen molar-refractivity contribution >= 4 is 5.69 Å². The maximum absolute atomic E-state index is 5.91. The summed E-state index contributed by atoms with van der Waals surface area (Å²) in [6.07, 6.45) is 7.68. The van der Waals surface area contributed by atoms with Crippen molar-refractivity contribution in [2.45, 2.75) is 31.8 Å². The third-order valence-electron chi connectivity index (χ3n) is 3.50. The molecular weight excluding hydrogens is 228 g/mol. The van der Waals surface area contributed by atoms with E-state index in [1.54, 1.807) is 19.5 Å². The molecule has 0 atom stereocenters. The van der Waals surface area contributed by atoms with Crippen molar-refractivity contribution in [3.63, 3.8) is 0 Å². The Kier molecular flexibility index (Phi) is 4.07. The van der Waals surface area contributed by atoms with Gasteiger partial charge in [0.1, 0.15) is 5.75 Å². The Labute approximate surface area is 108 Å². The van der Waals surface area contributed by atoms with Crippen molar-refractivity contribution in [2.75, 3.05) is 12.8 Å². The second kappa shape index (κ2) is 5.76. The van der Waals surface area contributed by atoms with Crippen LogP contribution >= 0.6 is 0 Å². The van der Waals surface area contributed by atoms with Crippen molar-refractivity contribution in [1.29, 1.82) is 0 Å². The highest BCUT2D eigenvalue weighted by molar-refractivity contribution is 5.49. The zero-order valence-electron chi connectivity index (χ0n) is 10.8. The van der Waals surface area contributed by atoms with E-state index >= 15 is 0 Å². The van der Waals surface area contributed by atoms with Crippen LogP contribution in [0.25, 0.3) is 0 Å². The predicted octanol–water partition coefficient (Wildman–Crippen LogP) is 2.76. The summed E-state index contributed by atoms with van der Waals surface area (Å²) in [4.78, 5) is 3.95. The van der Waals surface area contributed by atoms with Crippen LogP contribution < -0.4 is 10.5 Å². The molecule has 1 heterocycles. The van der Waals surface area contributed by atoms with Gasteiger partial charge in [0.2, 0.25) is 0 Å². The molecule has 0 saturated heterocycles. The smallest absolute Gasteiger partial charge is 0.145 e. The van der Waals surface area contributed by atoms with E-state index in [9.17, 15) is 0 Å². The SMILES string of the molecule is C=C(OC)[C@H]1CC[C@@H](Oc2ccncc2N)CC1. The number of hydrogen-bond donors (Lipinski definition) is 1. The third-order valence-corrected chi connectivity index (χ3v) is 3.50. The van der Waals surface area contributed by atoms with Gasteiger partial charge in [-0.25, -0.2) is 0 Å². The summed E-state index contributed by atoms with van der Waals surface area (Å²) >= 11 is 0. The van der Waals surface area contributed by atoms with Gasteiger partial charge < -0.3 is 15.2 Å². The van der Waals surface area contributed by atoms with Crippen LogP contribution in [0.15, 0.2) is 30.8 Å². The van der Waals surface area contributed by atoms with Crippen LogP contribution in [0.3, 0.4) is 0 Å². The number of allylic oxidation sites excluding steroid dienone is 1. The van der Waals surface area contributed by atoms with Gasteiger partial charge in [0.25, 0.3) is 0 Å². The van der Waals surface area contributed by atoms with Crippen molar-refractivity contribution in [3.05, 3.63) is 30.8 Å². The highest BCUT2D eigenvalue weighted by Gasteiger charge is 2.25. The summed E-state index contributed by atoms with van der Waals surface area (Å²) in [5.41, 5.74) is 6.41. The van der Waals surface area contributed by atoms with Crippen LogP contribution in [0.1, 0.15) is 25.7 Å². The standard InChI is InChI=1S/C14H20N2O2/c1-10(17-2)11-3-5-12(6-4-11)18-14-7-8-16-9-13(14)15/h7-9,11-12H,1,3-6,15H2,2H3/t11-,12+. The van der Waals surface area contributed by atoms with Gasteiger partial charge >= 0.3 is 0 Å². The molecule has 0 aliphatic heterocycles. The fourth-order valence-electron chi connectivity index (χ4n) is 2.35. The van der Waals surface area contributed by atoms with Crippen molar-refractivity contribution in [3.8, 4) is 5.75 Å². The van der Waals surface area contributed by atoms with E-state index in [2.05, 4.69) is 11.6 Å². The number of nitrogens with zero attached hydrogens (tertiary/aromatic N) is 1. The Morgan fingerprint density at radius 1 is 1.39 bits per heavy atom. The van der Waals surface area contributed by atoms with E-state index in [0.717, 1.165) is 37.2 Å². The Balaban J connectivity index is 1.87. The third kappa shape index (κ3) is 2.94. The van der Waals surface area contributed by atoms with E-state index in [0.29, 0.717) is 11.6 Å². The lowest BCUT2D eigenvalue weighted by molar-refractivity contribution is 0.120. The van der Waals surface area contributed by atoms with Crippen molar-refractivity contribution in [2.24, 2.45) is 5.92 Å². The van der Waals surface area contributed by atoms with Gasteiger partial charge in [-0.3, -0.25) is 4.98 Å². The van der Waals surface area contributed by atoms with Crippen molar-refractivity contribution < 1.29 is 9.47 Å². The number of ether oxygens (including phenoxy) is 2. The molecule has 18 heavy (non-hydrogen) atoms. The molecule has 1 saturated carbocycles. The molecule has 1 aromatic heterocycles. The number of anilines is 1. The molecule has 4 heteroatoms. The van der Waals surface area contributed by atoms with Crippen LogP contribution in [0.2, 0.25) is 0 Å².